The van der Waals surface area contributed by atoms with E-state index in [9.17, 15) is 0 Å². The summed E-state index contributed by atoms with van der Waals surface area (Å²) in [6.07, 6.45) is 3.51. The first-order valence-corrected chi connectivity index (χ1v) is 7.78. The van der Waals surface area contributed by atoms with Gasteiger partial charge in [0, 0.05) is 32.7 Å². The molecular formula is C14H26N6. The Hall–Kier alpha value is -1.59. The molecule has 6 nitrogen and oxygen atoms in total. The Labute approximate surface area is 121 Å². The molecule has 1 aromatic rings. The summed E-state index contributed by atoms with van der Waals surface area (Å²) in [6.45, 7) is 11.2. The number of hydrogen-bond acceptors (Lipinski definition) is 6. The third-order valence-electron chi connectivity index (χ3n) is 3.58. The summed E-state index contributed by atoms with van der Waals surface area (Å²) in [6, 6.07) is 0. The molecule has 6 heteroatoms. The second kappa shape index (κ2) is 7.26. The minimum Gasteiger partial charge on any atom is -0.354 e. The second-order valence-electron chi connectivity index (χ2n) is 5.05. The zero-order chi connectivity index (χ0) is 14.4. The predicted molar refractivity (Wildman–Crippen MR) is 83.6 cm³/mol. The average Bonchev–Trinajstić information content (AvgIpc) is 3.00. The van der Waals surface area contributed by atoms with E-state index in [4.69, 9.17) is 0 Å². The molecule has 0 aliphatic carbocycles. The van der Waals surface area contributed by atoms with E-state index in [2.05, 4.69) is 50.8 Å². The van der Waals surface area contributed by atoms with Gasteiger partial charge in [0.05, 0.1) is 0 Å². The normalized spacial score (nSPS) is 14.7. The molecule has 0 saturated carbocycles. The highest BCUT2D eigenvalue weighted by Crippen LogP contribution is 2.20. The van der Waals surface area contributed by atoms with E-state index in [0.29, 0.717) is 5.95 Å². The standard InChI is InChI=1S/C14H26N6/c1-4-9-15-12-16-13(19(5-2)6-3)18-14(17-12)20-10-7-8-11-20/h4-11H2,1-3H3,(H,15,16,17,18). The molecule has 2 heterocycles. The molecule has 1 N–H and O–H groups in total. The summed E-state index contributed by atoms with van der Waals surface area (Å²) >= 11 is 0. The molecule has 1 aliphatic rings. The number of aromatic nitrogens is 3. The Balaban J connectivity index is 2.27. The monoisotopic (exact) mass is 278 g/mol. The lowest BCUT2D eigenvalue weighted by atomic mass is 10.4. The van der Waals surface area contributed by atoms with Gasteiger partial charge >= 0.3 is 0 Å². The van der Waals surface area contributed by atoms with Gasteiger partial charge in [0.2, 0.25) is 17.8 Å². The van der Waals surface area contributed by atoms with E-state index >= 15 is 0 Å². The lowest BCUT2D eigenvalue weighted by Gasteiger charge is -2.22. The van der Waals surface area contributed by atoms with Gasteiger partial charge in [0.1, 0.15) is 0 Å². The van der Waals surface area contributed by atoms with Crippen molar-refractivity contribution in [3.8, 4) is 0 Å². The summed E-state index contributed by atoms with van der Waals surface area (Å²) in [7, 11) is 0. The number of nitrogens with zero attached hydrogens (tertiary/aromatic N) is 5. The lowest BCUT2D eigenvalue weighted by molar-refractivity contribution is 0.794. The Morgan fingerprint density at radius 3 is 2.35 bits per heavy atom. The van der Waals surface area contributed by atoms with Gasteiger partial charge in [-0.3, -0.25) is 0 Å². The molecule has 0 bridgehead atoms. The number of rotatable bonds is 7. The van der Waals surface area contributed by atoms with Crippen molar-refractivity contribution >= 4 is 17.8 Å². The molecule has 1 aliphatic heterocycles. The summed E-state index contributed by atoms with van der Waals surface area (Å²) in [5, 5.41) is 3.29. The number of hydrogen-bond donors (Lipinski definition) is 1. The number of nitrogens with one attached hydrogen (secondary N) is 1. The molecule has 0 amide bonds. The van der Waals surface area contributed by atoms with E-state index in [0.717, 1.165) is 51.0 Å². The van der Waals surface area contributed by atoms with Crippen LogP contribution in [-0.2, 0) is 0 Å². The fourth-order valence-electron chi connectivity index (χ4n) is 2.38. The van der Waals surface area contributed by atoms with E-state index in [-0.39, 0.29) is 0 Å². The van der Waals surface area contributed by atoms with Gasteiger partial charge in [-0.25, -0.2) is 0 Å². The zero-order valence-corrected chi connectivity index (χ0v) is 12.9. The van der Waals surface area contributed by atoms with Crippen LogP contribution in [0.3, 0.4) is 0 Å². The SMILES string of the molecule is CCCNc1nc(N(CC)CC)nc(N2CCCC2)n1. The van der Waals surface area contributed by atoms with E-state index < -0.39 is 0 Å². The van der Waals surface area contributed by atoms with Crippen LogP contribution in [0.15, 0.2) is 0 Å². The third kappa shape index (κ3) is 3.49. The van der Waals surface area contributed by atoms with Crippen molar-refractivity contribution < 1.29 is 0 Å². The highest BCUT2D eigenvalue weighted by atomic mass is 15.4. The molecular weight excluding hydrogens is 252 g/mol. The van der Waals surface area contributed by atoms with Crippen molar-refractivity contribution in [1.82, 2.24) is 15.0 Å². The molecule has 1 fully saturated rings. The van der Waals surface area contributed by atoms with Gasteiger partial charge in [0.15, 0.2) is 0 Å². The van der Waals surface area contributed by atoms with Crippen LogP contribution in [0.25, 0.3) is 0 Å². The molecule has 0 atom stereocenters. The van der Waals surface area contributed by atoms with E-state index in [1.54, 1.807) is 0 Å². The largest absolute Gasteiger partial charge is 0.354 e. The molecule has 1 saturated heterocycles. The maximum atomic E-state index is 4.66. The first kappa shape index (κ1) is 14.8. The minimum atomic E-state index is 0.700. The smallest absolute Gasteiger partial charge is 0.231 e. The molecule has 2 rings (SSSR count). The molecule has 112 valence electrons. The maximum absolute atomic E-state index is 4.66. The van der Waals surface area contributed by atoms with Gasteiger partial charge in [-0.1, -0.05) is 6.92 Å². The van der Waals surface area contributed by atoms with Crippen molar-refractivity contribution in [1.29, 1.82) is 0 Å². The van der Waals surface area contributed by atoms with Crippen molar-refractivity contribution in [2.45, 2.75) is 40.0 Å². The van der Waals surface area contributed by atoms with Gasteiger partial charge < -0.3 is 15.1 Å². The molecule has 0 aromatic carbocycles. The maximum Gasteiger partial charge on any atom is 0.231 e. The summed E-state index contributed by atoms with van der Waals surface area (Å²) in [5.41, 5.74) is 0. The topological polar surface area (TPSA) is 57.2 Å². The van der Waals surface area contributed by atoms with Crippen LogP contribution >= 0.6 is 0 Å². The van der Waals surface area contributed by atoms with Crippen molar-refractivity contribution in [2.24, 2.45) is 0 Å². The van der Waals surface area contributed by atoms with Gasteiger partial charge in [0.25, 0.3) is 0 Å². The van der Waals surface area contributed by atoms with Crippen LogP contribution in [0.5, 0.6) is 0 Å². The van der Waals surface area contributed by atoms with Gasteiger partial charge in [-0.05, 0) is 33.1 Å². The van der Waals surface area contributed by atoms with Crippen molar-refractivity contribution in [3.05, 3.63) is 0 Å². The highest BCUT2D eigenvalue weighted by Gasteiger charge is 2.18. The minimum absolute atomic E-state index is 0.700. The van der Waals surface area contributed by atoms with E-state index in [1.165, 1.54) is 12.8 Å². The van der Waals surface area contributed by atoms with Crippen LogP contribution in [-0.4, -0.2) is 47.7 Å². The average molecular weight is 278 g/mol. The van der Waals surface area contributed by atoms with Crippen molar-refractivity contribution in [2.75, 3.05) is 47.8 Å². The summed E-state index contributed by atoms with van der Waals surface area (Å²) in [5.74, 6) is 2.30. The number of anilines is 3. The first-order chi connectivity index (χ1) is 9.78. The van der Waals surface area contributed by atoms with Crippen LogP contribution < -0.4 is 15.1 Å². The van der Waals surface area contributed by atoms with Gasteiger partial charge in [-0.15, -0.1) is 0 Å². The second-order valence-corrected chi connectivity index (χ2v) is 5.05. The van der Waals surface area contributed by atoms with Crippen LogP contribution in [0.1, 0.15) is 40.0 Å². The Kier molecular flexibility index (Phi) is 5.38. The molecule has 1 aromatic heterocycles. The zero-order valence-electron chi connectivity index (χ0n) is 12.9. The molecule has 0 radical (unpaired) electrons. The Morgan fingerprint density at radius 1 is 1.05 bits per heavy atom. The van der Waals surface area contributed by atoms with Gasteiger partial charge in [-0.2, -0.15) is 15.0 Å². The molecule has 20 heavy (non-hydrogen) atoms. The molecule has 0 unspecified atom stereocenters. The fraction of sp³-hybridized carbons (Fsp3) is 0.786. The highest BCUT2D eigenvalue weighted by molar-refractivity contribution is 5.45. The summed E-state index contributed by atoms with van der Waals surface area (Å²) in [4.78, 5) is 18.2. The fourth-order valence-corrected chi connectivity index (χ4v) is 2.38. The van der Waals surface area contributed by atoms with E-state index in [1.807, 2.05) is 0 Å². The predicted octanol–water partition coefficient (Wildman–Crippen LogP) is 2.14. The first-order valence-electron chi connectivity index (χ1n) is 7.78. The lowest BCUT2D eigenvalue weighted by Crippen LogP contribution is -2.28. The van der Waals surface area contributed by atoms with Crippen LogP contribution in [0, 0.1) is 0 Å². The van der Waals surface area contributed by atoms with Crippen LogP contribution in [0.2, 0.25) is 0 Å². The van der Waals surface area contributed by atoms with Crippen molar-refractivity contribution in [3.63, 3.8) is 0 Å². The Morgan fingerprint density at radius 2 is 1.75 bits per heavy atom. The summed E-state index contributed by atoms with van der Waals surface area (Å²) < 4.78 is 0. The quantitative estimate of drug-likeness (QED) is 0.824. The van der Waals surface area contributed by atoms with Crippen LogP contribution in [0.4, 0.5) is 17.8 Å². The Bertz CT molecular complexity index is 392. The third-order valence-corrected chi connectivity index (χ3v) is 3.58. The molecule has 0 spiro atoms.